The molecule has 2 rings (SSSR count). The van der Waals surface area contributed by atoms with Gasteiger partial charge >= 0.3 is 5.97 Å². The second kappa shape index (κ2) is 5.24. The Labute approximate surface area is 110 Å². The van der Waals surface area contributed by atoms with E-state index in [2.05, 4.69) is 10.3 Å². The monoisotopic (exact) mass is 260 g/mol. The lowest BCUT2D eigenvalue weighted by Crippen LogP contribution is -2.15. The summed E-state index contributed by atoms with van der Waals surface area (Å²) in [7, 11) is 0. The molecule has 1 unspecified atom stereocenters. The Hall–Kier alpha value is -2.14. The molecule has 0 bridgehead atoms. The lowest BCUT2D eigenvalue weighted by molar-refractivity contribution is 0.0699. The number of hydrogen-bond acceptors (Lipinski definition) is 4. The van der Waals surface area contributed by atoms with Crippen molar-refractivity contribution in [1.29, 1.82) is 0 Å². The summed E-state index contributed by atoms with van der Waals surface area (Å²) in [6.07, 6.45) is -0.480. The summed E-state index contributed by atoms with van der Waals surface area (Å²) < 4.78 is 0. The van der Waals surface area contributed by atoms with Crippen LogP contribution in [-0.4, -0.2) is 33.8 Å². The molecule has 0 aliphatic rings. The minimum absolute atomic E-state index is 0.182. The number of pyridine rings is 1. The number of aromatic nitrogens is 1. The number of carboxylic acids is 1. The fraction of sp³-hybridized carbons (Fsp3) is 0.286. The first-order chi connectivity index (χ1) is 8.99. The van der Waals surface area contributed by atoms with Crippen molar-refractivity contribution in [1.82, 2.24) is 4.98 Å². The number of aliphatic hydroxyl groups excluding tert-OH is 1. The Bertz CT molecular complexity index is 623. The molecule has 0 saturated carbocycles. The molecule has 0 amide bonds. The first-order valence-electron chi connectivity index (χ1n) is 6.04. The molecule has 1 atom stereocenters. The molecule has 19 heavy (non-hydrogen) atoms. The van der Waals surface area contributed by atoms with E-state index in [9.17, 15) is 15.0 Å². The van der Waals surface area contributed by atoms with E-state index in [0.717, 1.165) is 16.8 Å². The third-order valence-electron chi connectivity index (χ3n) is 2.79. The molecule has 0 fully saturated rings. The SMILES string of the molecule is Cc1cc(NCC(C)O)c2cccc(C(=O)O)c2n1. The smallest absolute Gasteiger partial charge is 0.337 e. The van der Waals surface area contributed by atoms with E-state index in [1.54, 1.807) is 13.0 Å². The predicted molar refractivity (Wildman–Crippen MR) is 73.6 cm³/mol. The molecule has 1 aromatic carbocycles. The predicted octanol–water partition coefficient (Wildman–Crippen LogP) is 2.03. The van der Waals surface area contributed by atoms with Crippen LogP contribution in [0.3, 0.4) is 0 Å². The van der Waals surface area contributed by atoms with Gasteiger partial charge in [-0.2, -0.15) is 0 Å². The molecule has 2 aromatic rings. The maximum Gasteiger partial charge on any atom is 0.337 e. The normalized spacial score (nSPS) is 12.4. The quantitative estimate of drug-likeness (QED) is 0.783. The lowest BCUT2D eigenvalue weighted by atomic mass is 10.1. The van der Waals surface area contributed by atoms with Gasteiger partial charge in [0, 0.05) is 23.3 Å². The van der Waals surface area contributed by atoms with Crippen molar-refractivity contribution in [3.63, 3.8) is 0 Å². The van der Waals surface area contributed by atoms with Crippen LogP contribution in [0.2, 0.25) is 0 Å². The largest absolute Gasteiger partial charge is 0.478 e. The highest BCUT2D eigenvalue weighted by atomic mass is 16.4. The highest BCUT2D eigenvalue weighted by Gasteiger charge is 2.12. The van der Waals surface area contributed by atoms with Gasteiger partial charge in [-0.05, 0) is 26.0 Å². The van der Waals surface area contributed by atoms with Crippen LogP contribution in [0.5, 0.6) is 0 Å². The standard InChI is InChI=1S/C14H16N2O3/c1-8-6-12(15-7-9(2)17)10-4-3-5-11(14(18)19)13(10)16-8/h3-6,9,17H,7H2,1-2H3,(H,15,16)(H,18,19). The van der Waals surface area contributed by atoms with Crippen LogP contribution in [0.1, 0.15) is 23.0 Å². The highest BCUT2D eigenvalue weighted by molar-refractivity contribution is 6.05. The van der Waals surface area contributed by atoms with Crippen molar-refractivity contribution in [2.75, 3.05) is 11.9 Å². The molecule has 0 radical (unpaired) electrons. The number of hydrogen-bond donors (Lipinski definition) is 3. The minimum Gasteiger partial charge on any atom is -0.478 e. The molecular weight excluding hydrogens is 244 g/mol. The second-order valence-electron chi connectivity index (χ2n) is 4.55. The number of carbonyl (C=O) groups is 1. The van der Waals surface area contributed by atoms with Crippen molar-refractivity contribution in [2.45, 2.75) is 20.0 Å². The minimum atomic E-state index is -0.995. The molecule has 100 valence electrons. The maximum atomic E-state index is 11.2. The van der Waals surface area contributed by atoms with Crippen molar-refractivity contribution in [3.05, 3.63) is 35.5 Å². The van der Waals surface area contributed by atoms with Gasteiger partial charge in [0.1, 0.15) is 0 Å². The number of rotatable bonds is 4. The number of aliphatic hydroxyl groups is 1. The Kier molecular flexibility index (Phi) is 3.66. The number of nitrogens with one attached hydrogen (secondary N) is 1. The summed E-state index contributed by atoms with van der Waals surface area (Å²) in [5, 5.41) is 22.4. The number of fused-ring (bicyclic) bond motifs is 1. The zero-order valence-corrected chi connectivity index (χ0v) is 10.8. The summed E-state index contributed by atoms with van der Waals surface area (Å²) in [5.41, 5.74) is 2.16. The summed E-state index contributed by atoms with van der Waals surface area (Å²) in [6, 6.07) is 6.89. The van der Waals surface area contributed by atoms with Gasteiger partial charge in [0.15, 0.2) is 0 Å². The maximum absolute atomic E-state index is 11.2. The van der Waals surface area contributed by atoms with Crippen molar-refractivity contribution in [2.24, 2.45) is 0 Å². The highest BCUT2D eigenvalue weighted by Crippen LogP contribution is 2.25. The van der Waals surface area contributed by atoms with Crippen LogP contribution in [0, 0.1) is 6.92 Å². The third-order valence-corrected chi connectivity index (χ3v) is 2.79. The van der Waals surface area contributed by atoms with E-state index in [1.165, 1.54) is 6.07 Å². The van der Waals surface area contributed by atoms with Gasteiger partial charge in [-0.25, -0.2) is 4.79 Å². The van der Waals surface area contributed by atoms with Crippen LogP contribution in [0.25, 0.3) is 10.9 Å². The molecule has 0 saturated heterocycles. The van der Waals surface area contributed by atoms with Crippen molar-refractivity contribution in [3.8, 4) is 0 Å². The molecule has 5 heteroatoms. The van der Waals surface area contributed by atoms with Gasteiger partial charge in [-0.15, -0.1) is 0 Å². The Morgan fingerprint density at radius 2 is 2.21 bits per heavy atom. The molecule has 1 heterocycles. The van der Waals surface area contributed by atoms with Crippen LogP contribution in [0.15, 0.2) is 24.3 Å². The van der Waals surface area contributed by atoms with E-state index in [4.69, 9.17) is 0 Å². The first kappa shape index (κ1) is 13.3. The number of carboxylic acid groups (broad SMARTS) is 1. The number of anilines is 1. The molecule has 5 nitrogen and oxygen atoms in total. The number of aromatic carboxylic acids is 1. The van der Waals surface area contributed by atoms with Gasteiger partial charge in [0.05, 0.1) is 17.2 Å². The lowest BCUT2D eigenvalue weighted by Gasteiger charge is -2.13. The average Bonchev–Trinajstić information content (AvgIpc) is 2.34. The van der Waals surface area contributed by atoms with Crippen molar-refractivity contribution < 1.29 is 15.0 Å². The van der Waals surface area contributed by atoms with Crippen LogP contribution >= 0.6 is 0 Å². The van der Waals surface area contributed by atoms with Gasteiger partial charge in [-0.1, -0.05) is 12.1 Å². The first-order valence-corrected chi connectivity index (χ1v) is 6.04. The zero-order chi connectivity index (χ0) is 14.0. The van der Waals surface area contributed by atoms with E-state index < -0.39 is 12.1 Å². The molecule has 0 aliphatic carbocycles. The number of para-hydroxylation sites is 1. The number of benzene rings is 1. The van der Waals surface area contributed by atoms with Crippen LogP contribution in [-0.2, 0) is 0 Å². The fourth-order valence-corrected chi connectivity index (χ4v) is 1.95. The molecular formula is C14H16N2O3. The Morgan fingerprint density at radius 3 is 2.84 bits per heavy atom. The zero-order valence-electron chi connectivity index (χ0n) is 10.8. The Balaban J connectivity index is 2.58. The summed E-state index contributed by atoms with van der Waals surface area (Å²) in [4.78, 5) is 15.5. The van der Waals surface area contributed by atoms with Gasteiger partial charge < -0.3 is 15.5 Å². The van der Waals surface area contributed by atoms with E-state index in [-0.39, 0.29) is 5.56 Å². The third kappa shape index (κ3) is 2.82. The van der Waals surface area contributed by atoms with Gasteiger partial charge in [0.25, 0.3) is 0 Å². The summed E-state index contributed by atoms with van der Waals surface area (Å²) in [6.45, 7) is 3.90. The molecule has 3 N–H and O–H groups in total. The van der Waals surface area contributed by atoms with Crippen LogP contribution < -0.4 is 5.32 Å². The number of aryl methyl sites for hydroxylation is 1. The second-order valence-corrected chi connectivity index (χ2v) is 4.55. The average molecular weight is 260 g/mol. The number of nitrogens with zero attached hydrogens (tertiary/aromatic N) is 1. The van der Waals surface area contributed by atoms with E-state index in [0.29, 0.717) is 12.1 Å². The Morgan fingerprint density at radius 1 is 1.47 bits per heavy atom. The van der Waals surface area contributed by atoms with E-state index in [1.807, 2.05) is 19.1 Å². The fourth-order valence-electron chi connectivity index (χ4n) is 1.95. The summed E-state index contributed by atoms with van der Waals surface area (Å²) in [5.74, 6) is -0.995. The summed E-state index contributed by atoms with van der Waals surface area (Å²) >= 11 is 0. The molecule has 0 aliphatic heterocycles. The van der Waals surface area contributed by atoms with Crippen molar-refractivity contribution >= 4 is 22.6 Å². The van der Waals surface area contributed by atoms with Gasteiger partial charge in [0.2, 0.25) is 0 Å². The molecule has 1 aromatic heterocycles. The van der Waals surface area contributed by atoms with Crippen LogP contribution in [0.4, 0.5) is 5.69 Å². The topological polar surface area (TPSA) is 82.5 Å². The van der Waals surface area contributed by atoms with Gasteiger partial charge in [-0.3, -0.25) is 4.98 Å². The molecule has 0 spiro atoms. The van der Waals surface area contributed by atoms with E-state index >= 15 is 0 Å².